The number of carbonyl (C=O) groups excluding carboxylic acids is 1. The van der Waals surface area contributed by atoms with Crippen LogP contribution in [0.4, 0.5) is 4.39 Å². The summed E-state index contributed by atoms with van der Waals surface area (Å²) in [4.78, 5) is 11.8. The fraction of sp³-hybridized carbons (Fsp3) is 0.500. The molecule has 4 heteroatoms. The number of rotatable bonds is 3. The molecule has 0 radical (unpaired) electrons. The van der Waals surface area contributed by atoms with Crippen molar-refractivity contribution in [3.8, 4) is 0 Å². The summed E-state index contributed by atoms with van der Waals surface area (Å²) in [5.74, 6) is 0.486. The van der Waals surface area contributed by atoms with Gasteiger partial charge in [-0.05, 0) is 42.9 Å². The van der Waals surface area contributed by atoms with Gasteiger partial charge in [-0.1, -0.05) is 29.3 Å². The maximum absolute atomic E-state index is 13.6. The van der Waals surface area contributed by atoms with Crippen molar-refractivity contribution in [2.24, 2.45) is 11.8 Å². The lowest BCUT2D eigenvalue weighted by Gasteiger charge is -2.11. The van der Waals surface area contributed by atoms with E-state index in [1.54, 1.807) is 6.07 Å². The van der Waals surface area contributed by atoms with Gasteiger partial charge >= 0.3 is 0 Å². The van der Waals surface area contributed by atoms with E-state index < -0.39 is 5.82 Å². The Kier molecular flexibility index (Phi) is 4.38. The van der Waals surface area contributed by atoms with Crippen LogP contribution in [0.15, 0.2) is 22.7 Å². The SMILES string of the molecule is CC1CCC(CNC(=O)c2ccc(Br)cc2F)C1. The van der Waals surface area contributed by atoms with Crippen LogP contribution in [0.1, 0.15) is 36.5 Å². The van der Waals surface area contributed by atoms with Crippen molar-refractivity contribution < 1.29 is 9.18 Å². The van der Waals surface area contributed by atoms with Crippen LogP contribution >= 0.6 is 15.9 Å². The molecule has 0 heterocycles. The van der Waals surface area contributed by atoms with Gasteiger partial charge in [-0.2, -0.15) is 0 Å². The van der Waals surface area contributed by atoms with Crippen LogP contribution in [0.5, 0.6) is 0 Å². The Hall–Kier alpha value is -0.900. The topological polar surface area (TPSA) is 29.1 Å². The molecule has 1 aromatic carbocycles. The minimum atomic E-state index is -0.485. The highest BCUT2D eigenvalue weighted by Crippen LogP contribution is 2.29. The normalized spacial score (nSPS) is 23.1. The van der Waals surface area contributed by atoms with E-state index in [2.05, 4.69) is 28.2 Å². The lowest BCUT2D eigenvalue weighted by Crippen LogP contribution is -2.29. The van der Waals surface area contributed by atoms with E-state index in [4.69, 9.17) is 0 Å². The van der Waals surface area contributed by atoms with Crippen molar-refractivity contribution in [2.75, 3.05) is 6.54 Å². The molecule has 2 rings (SSSR count). The smallest absolute Gasteiger partial charge is 0.254 e. The first-order valence-electron chi connectivity index (χ1n) is 6.29. The Morgan fingerprint density at radius 1 is 1.50 bits per heavy atom. The molecule has 1 N–H and O–H groups in total. The lowest BCUT2D eigenvalue weighted by atomic mass is 10.1. The molecular weight excluding hydrogens is 297 g/mol. The third kappa shape index (κ3) is 3.31. The Bertz CT molecular complexity index is 449. The highest BCUT2D eigenvalue weighted by atomic mass is 79.9. The second-order valence-electron chi connectivity index (χ2n) is 5.12. The third-order valence-corrected chi connectivity index (χ3v) is 4.02. The Morgan fingerprint density at radius 3 is 2.89 bits per heavy atom. The minimum Gasteiger partial charge on any atom is -0.352 e. The van der Waals surface area contributed by atoms with Gasteiger partial charge in [0.1, 0.15) is 5.82 Å². The predicted molar refractivity (Wildman–Crippen MR) is 72.9 cm³/mol. The van der Waals surface area contributed by atoms with Gasteiger partial charge in [0.15, 0.2) is 0 Å². The fourth-order valence-electron chi connectivity index (χ4n) is 2.52. The second-order valence-corrected chi connectivity index (χ2v) is 6.03. The van der Waals surface area contributed by atoms with E-state index in [-0.39, 0.29) is 11.5 Å². The van der Waals surface area contributed by atoms with Gasteiger partial charge < -0.3 is 5.32 Å². The van der Waals surface area contributed by atoms with Crippen LogP contribution < -0.4 is 5.32 Å². The van der Waals surface area contributed by atoms with Crippen molar-refractivity contribution in [3.05, 3.63) is 34.1 Å². The molecule has 0 bridgehead atoms. The molecule has 0 aliphatic heterocycles. The molecule has 98 valence electrons. The van der Waals surface area contributed by atoms with Crippen molar-refractivity contribution in [2.45, 2.75) is 26.2 Å². The van der Waals surface area contributed by atoms with Crippen LogP contribution in [0, 0.1) is 17.7 Å². The molecule has 0 aromatic heterocycles. The number of benzene rings is 1. The zero-order valence-electron chi connectivity index (χ0n) is 10.4. The Labute approximate surface area is 115 Å². The average molecular weight is 314 g/mol. The van der Waals surface area contributed by atoms with Gasteiger partial charge in [0, 0.05) is 11.0 Å². The predicted octanol–water partition coefficient (Wildman–Crippen LogP) is 3.75. The monoisotopic (exact) mass is 313 g/mol. The highest BCUT2D eigenvalue weighted by Gasteiger charge is 2.22. The molecule has 1 aromatic rings. The zero-order chi connectivity index (χ0) is 13.1. The molecule has 1 saturated carbocycles. The Balaban J connectivity index is 1.91. The number of amides is 1. The summed E-state index contributed by atoms with van der Waals surface area (Å²) in [6.07, 6.45) is 3.54. The molecule has 1 amide bonds. The van der Waals surface area contributed by atoms with Crippen molar-refractivity contribution in [1.29, 1.82) is 0 Å². The van der Waals surface area contributed by atoms with Crippen LogP contribution in [-0.2, 0) is 0 Å². The average Bonchev–Trinajstić information content (AvgIpc) is 2.72. The molecule has 1 aliphatic carbocycles. The summed E-state index contributed by atoms with van der Waals surface area (Å²) in [5, 5.41) is 2.83. The number of nitrogens with one attached hydrogen (secondary N) is 1. The van der Waals surface area contributed by atoms with Crippen LogP contribution in [0.2, 0.25) is 0 Å². The zero-order valence-corrected chi connectivity index (χ0v) is 12.0. The third-order valence-electron chi connectivity index (χ3n) is 3.53. The van der Waals surface area contributed by atoms with E-state index in [1.165, 1.54) is 18.6 Å². The van der Waals surface area contributed by atoms with Crippen LogP contribution in [0.3, 0.4) is 0 Å². The molecule has 18 heavy (non-hydrogen) atoms. The Morgan fingerprint density at radius 2 is 2.28 bits per heavy atom. The molecule has 2 atom stereocenters. The summed E-state index contributed by atoms with van der Waals surface area (Å²) in [6, 6.07) is 4.49. The molecule has 2 nitrogen and oxygen atoms in total. The van der Waals surface area contributed by atoms with Gasteiger partial charge in [0.05, 0.1) is 5.56 Å². The van der Waals surface area contributed by atoms with Crippen molar-refractivity contribution in [3.63, 3.8) is 0 Å². The molecular formula is C14H17BrFNO. The van der Waals surface area contributed by atoms with Crippen molar-refractivity contribution in [1.82, 2.24) is 5.32 Å². The molecule has 0 spiro atoms. The number of hydrogen-bond donors (Lipinski definition) is 1. The molecule has 1 aliphatic rings. The van der Waals surface area contributed by atoms with Crippen LogP contribution in [0.25, 0.3) is 0 Å². The molecule has 2 unspecified atom stereocenters. The summed E-state index contributed by atoms with van der Waals surface area (Å²) in [5.41, 5.74) is 0.115. The van der Waals surface area contributed by atoms with Crippen LogP contribution in [-0.4, -0.2) is 12.5 Å². The fourth-order valence-corrected chi connectivity index (χ4v) is 2.85. The van der Waals surface area contributed by atoms with Gasteiger partial charge in [-0.3, -0.25) is 4.79 Å². The summed E-state index contributed by atoms with van der Waals surface area (Å²) in [7, 11) is 0. The first-order valence-corrected chi connectivity index (χ1v) is 7.09. The first kappa shape index (κ1) is 13.5. The first-order chi connectivity index (χ1) is 8.56. The summed E-state index contributed by atoms with van der Waals surface area (Å²) < 4.78 is 14.2. The minimum absolute atomic E-state index is 0.115. The van der Waals surface area contributed by atoms with Gasteiger partial charge in [-0.15, -0.1) is 0 Å². The van der Waals surface area contributed by atoms with E-state index in [1.807, 2.05) is 0 Å². The van der Waals surface area contributed by atoms with E-state index in [0.717, 1.165) is 18.8 Å². The summed E-state index contributed by atoms with van der Waals surface area (Å²) in [6.45, 7) is 2.88. The number of halogens is 2. The highest BCUT2D eigenvalue weighted by molar-refractivity contribution is 9.10. The molecule has 0 saturated heterocycles. The van der Waals surface area contributed by atoms with E-state index in [9.17, 15) is 9.18 Å². The van der Waals surface area contributed by atoms with E-state index in [0.29, 0.717) is 16.9 Å². The van der Waals surface area contributed by atoms with Crippen molar-refractivity contribution >= 4 is 21.8 Å². The maximum Gasteiger partial charge on any atom is 0.254 e. The van der Waals surface area contributed by atoms with Gasteiger partial charge in [-0.25, -0.2) is 4.39 Å². The quantitative estimate of drug-likeness (QED) is 0.904. The molecule has 1 fully saturated rings. The standard InChI is InChI=1S/C14H17BrFNO/c1-9-2-3-10(6-9)8-17-14(18)12-5-4-11(15)7-13(12)16/h4-5,7,9-10H,2-3,6,8H2,1H3,(H,17,18). The summed E-state index contributed by atoms with van der Waals surface area (Å²) >= 11 is 3.17. The lowest BCUT2D eigenvalue weighted by molar-refractivity contribution is 0.0943. The van der Waals surface area contributed by atoms with Gasteiger partial charge in [0.2, 0.25) is 0 Å². The number of carbonyl (C=O) groups is 1. The maximum atomic E-state index is 13.6. The second kappa shape index (κ2) is 5.83. The van der Waals surface area contributed by atoms with E-state index >= 15 is 0 Å². The van der Waals surface area contributed by atoms with Gasteiger partial charge in [0.25, 0.3) is 5.91 Å². The largest absolute Gasteiger partial charge is 0.352 e. The number of hydrogen-bond acceptors (Lipinski definition) is 1.